The lowest BCUT2D eigenvalue weighted by Crippen LogP contribution is -2.40. The van der Waals surface area contributed by atoms with Crippen molar-refractivity contribution in [3.8, 4) is 0 Å². The Morgan fingerprint density at radius 2 is 1.75 bits per heavy atom. The van der Waals surface area contributed by atoms with Gasteiger partial charge in [0.05, 0.1) is 14.2 Å². The standard InChI is InChI=1S/C20H22O4/c1-4-5-10-15-20(18(21)23-2,19(22)24-3)16-11-9-14-17-12-7-6-8-13-17/h4-8,10-14H,1,15-16H2,2-3H3/b10-5+. The lowest BCUT2D eigenvalue weighted by Gasteiger charge is -2.25. The summed E-state index contributed by atoms with van der Waals surface area (Å²) in [6.45, 7) is 3.57. The molecule has 0 bridgehead atoms. The van der Waals surface area contributed by atoms with Crippen molar-refractivity contribution in [2.45, 2.75) is 12.8 Å². The normalized spacial score (nSPS) is 10.6. The van der Waals surface area contributed by atoms with Crippen molar-refractivity contribution in [2.75, 3.05) is 14.2 Å². The second kappa shape index (κ2) is 10.0. The Bertz CT molecular complexity index is 633. The summed E-state index contributed by atoms with van der Waals surface area (Å²) in [7, 11) is 2.50. The third kappa shape index (κ3) is 5.11. The van der Waals surface area contributed by atoms with Crippen LogP contribution in [-0.4, -0.2) is 26.2 Å². The molecule has 0 saturated carbocycles. The second-order valence-electron chi connectivity index (χ2n) is 5.06. The third-order valence-electron chi connectivity index (χ3n) is 3.51. The number of rotatable bonds is 8. The Morgan fingerprint density at radius 3 is 2.29 bits per heavy atom. The number of hydrogen-bond acceptors (Lipinski definition) is 4. The molecule has 0 unspecified atom stereocenters. The summed E-state index contributed by atoms with van der Waals surface area (Å²) in [5.41, 5.74) is 2.54. The summed E-state index contributed by atoms with van der Waals surface area (Å²) >= 11 is 0. The highest BCUT2D eigenvalue weighted by atomic mass is 16.5. The van der Waals surface area contributed by atoms with E-state index in [1.165, 1.54) is 14.2 Å². The van der Waals surface area contributed by atoms with E-state index in [0.29, 0.717) is 0 Å². The van der Waals surface area contributed by atoms with E-state index in [1.54, 1.807) is 30.4 Å². The first kappa shape index (κ1) is 19.2. The molecule has 0 aliphatic heterocycles. The maximum atomic E-state index is 12.3. The first-order valence-electron chi connectivity index (χ1n) is 7.51. The fourth-order valence-electron chi connectivity index (χ4n) is 2.19. The fourth-order valence-corrected chi connectivity index (χ4v) is 2.19. The molecule has 0 fully saturated rings. The zero-order valence-electron chi connectivity index (χ0n) is 14.0. The lowest BCUT2D eigenvalue weighted by molar-refractivity contribution is -0.168. The van der Waals surface area contributed by atoms with E-state index in [-0.39, 0.29) is 12.8 Å². The van der Waals surface area contributed by atoms with Crippen LogP contribution in [-0.2, 0) is 19.1 Å². The number of carbonyl (C=O) groups is 2. The molecular formula is C20H22O4. The van der Waals surface area contributed by atoms with Gasteiger partial charge in [0.15, 0.2) is 5.41 Å². The van der Waals surface area contributed by atoms with Gasteiger partial charge in [0.2, 0.25) is 0 Å². The van der Waals surface area contributed by atoms with Gasteiger partial charge in [-0.1, -0.05) is 55.1 Å². The first-order valence-corrected chi connectivity index (χ1v) is 7.51. The Hall–Kier alpha value is -2.84. The van der Waals surface area contributed by atoms with Crippen LogP contribution >= 0.6 is 0 Å². The fraction of sp³-hybridized carbons (Fsp3) is 0.250. The van der Waals surface area contributed by atoms with Gasteiger partial charge in [0, 0.05) is 0 Å². The molecule has 0 aromatic heterocycles. The van der Waals surface area contributed by atoms with Gasteiger partial charge in [-0.3, -0.25) is 9.59 Å². The summed E-state index contributed by atoms with van der Waals surface area (Å²) in [5, 5.41) is 0. The van der Waals surface area contributed by atoms with Crippen LogP contribution in [0.5, 0.6) is 0 Å². The highest BCUT2D eigenvalue weighted by Gasteiger charge is 2.46. The van der Waals surface area contributed by atoms with Crippen LogP contribution in [0.1, 0.15) is 18.4 Å². The highest BCUT2D eigenvalue weighted by Crippen LogP contribution is 2.31. The molecule has 0 aliphatic rings. The van der Waals surface area contributed by atoms with Gasteiger partial charge in [-0.25, -0.2) is 0 Å². The number of ether oxygens (including phenoxy) is 2. The molecule has 0 atom stereocenters. The first-order chi connectivity index (χ1) is 11.6. The topological polar surface area (TPSA) is 52.6 Å². The zero-order valence-corrected chi connectivity index (χ0v) is 14.0. The van der Waals surface area contributed by atoms with Crippen molar-refractivity contribution in [3.05, 3.63) is 72.5 Å². The minimum Gasteiger partial charge on any atom is -0.468 e. The Labute approximate surface area is 142 Å². The SMILES string of the molecule is C=C/C=C/CC(CC=C=Cc1ccccc1)(C(=O)OC)C(=O)OC. The van der Waals surface area contributed by atoms with Gasteiger partial charge >= 0.3 is 11.9 Å². The Morgan fingerprint density at radius 1 is 1.12 bits per heavy atom. The molecule has 126 valence electrons. The van der Waals surface area contributed by atoms with Gasteiger partial charge in [-0.2, -0.15) is 0 Å². The lowest BCUT2D eigenvalue weighted by atomic mass is 9.80. The predicted octanol–water partition coefficient (Wildman–Crippen LogP) is 3.71. The van der Waals surface area contributed by atoms with Gasteiger partial charge < -0.3 is 9.47 Å². The number of allylic oxidation sites excluding steroid dienone is 4. The summed E-state index contributed by atoms with van der Waals surface area (Å²) in [4.78, 5) is 24.5. The molecule has 0 aliphatic carbocycles. The van der Waals surface area contributed by atoms with Crippen molar-refractivity contribution in [1.82, 2.24) is 0 Å². The minimum atomic E-state index is -1.43. The van der Waals surface area contributed by atoms with Crippen molar-refractivity contribution >= 4 is 18.0 Å². The second-order valence-corrected chi connectivity index (χ2v) is 5.06. The smallest absolute Gasteiger partial charge is 0.323 e. The van der Waals surface area contributed by atoms with Crippen molar-refractivity contribution in [3.63, 3.8) is 0 Å². The van der Waals surface area contributed by atoms with E-state index in [0.717, 1.165) is 5.56 Å². The van der Waals surface area contributed by atoms with Gasteiger partial charge in [-0.05, 0) is 30.6 Å². The maximum absolute atomic E-state index is 12.3. The summed E-state index contributed by atoms with van der Waals surface area (Å²) in [6, 6.07) is 9.62. The van der Waals surface area contributed by atoms with Crippen LogP contribution in [0.4, 0.5) is 0 Å². The van der Waals surface area contributed by atoms with Crippen molar-refractivity contribution < 1.29 is 19.1 Å². The van der Waals surface area contributed by atoms with Gasteiger partial charge in [0.25, 0.3) is 0 Å². The largest absolute Gasteiger partial charge is 0.468 e. The number of hydrogen-bond donors (Lipinski definition) is 0. The van der Waals surface area contributed by atoms with E-state index in [1.807, 2.05) is 30.3 Å². The molecule has 0 saturated heterocycles. The highest BCUT2D eigenvalue weighted by molar-refractivity contribution is 6.00. The monoisotopic (exact) mass is 326 g/mol. The summed E-state index contributed by atoms with van der Waals surface area (Å²) < 4.78 is 9.65. The molecule has 0 heterocycles. The molecule has 1 aromatic rings. The quantitative estimate of drug-likeness (QED) is 0.316. The third-order valence-corrected chi connectivity index (χ3v) is 3.51. The van der Waals surface area contributed by atoms with E-state index in [9.17, 15) is 9.59 Å². The molecule has 0 radical (unpaired) electrons. The van der Waals surface area contributed by atoms with E-state index >= 15 is 0 Å². The molecule has 1 rings (SSSR count). The number of methoxy groups -OCH3 is 2. The van der Waals surface area contributed by atoms with Crippen LogP contribution in [0.25, 0.3) is 6.08 Å². The summed E-state index contributed by atoms with van der Waals surface area (Å²) in [5.74, 6) is -1.28. The van der Waals surface area contributed by atoms with Crippen LogP contribution in [0.15, 0.2) is 66.9 Å². The van der Waals surface area contributed by atoms with E-state index in [2.05, 4.69) is 12.3 Å². The molecular weight excluding hydrogens is 304 g/mol. The van der Waals surface area contributed by atoms with E-state index in [4.69, 9.17) is 9.47 Å². The Kier molecular flexibility index (Phi) is 8.03. The average Bonchev–Trinajstić information content (AvgIpc) is 2.63. The van der Waals surface area contributed by atoms with Crippen LogP contribution < -0.4 is 0 Å². The Balaban J connectivity index is 3.08. The van der Waals surface area contributed by atoms with E-state index < -0.39 is 17.4 Å². The average molecular weight is 326 g/mol. The number of benzene rings is 1. The zero-order chi connectivity index (χ0) is 17.8. The molecule has 0 N–H and O–H groups in total. The minimum absolute atomic E-state index is 0.122. The molecule has 0 amide bonds. The molecule has 0 spiro atoms. The van der Waals surface area contributed by atoms with Gasteiger partial charge in [0.1, 0.15) is 0 Å². The molecule has 1 aromatic carbocycles. The summed E-state index contributed by atoms with van der Waals surface area (Å²) in [6.07, 6.45) is 8.63. The predicted molar refractivity (Wildman–Crippen MR) is 94.0 cm³/mol. The van der Waals surface area contributed by atoms with Gasteiger partial charge in [-0.15, -0.1) is 5.73 Å². The number of carbonyl (C=O) groups excluding carboxylic acids is 2. The molecule has 4 nitrogen and oxygen atoms in total. The van der Waals surface area contributed by atoms with Crippen LogP contribution in [0.2, 0.25) is 0 Å². The number of esters is 2. The van der Waals surface area contributed by atoms with Crippen LogP contribution in [0.3, 0.4) is 0 Å². The van der Waals surface area contributed by atoms with Crippen molar-refractivity contribution in [2.24, 2.45) is 5.41 Å². The maximum Gasteiger partial charge on any atom is 0.323 e. The van der Waals surface area contributed by atoms with Crippen LogP contribution in [0, 0.1) is 5.41 Å². The molecule has 4 heteroatoms. The van der Waals surface area contributed by atoms with Crippen molar-refractivity contribution in [1.29, 1.82) is 0 Å². The molecule has 24 heavy (non-hydrogen) atoms.